The Bertz CT molecular complexity index is 450. The summed E-state index contributed by atoms with van der Waals surface area (Å²) in [5, 5.41) is 9.64. The fourth-order valence-electron chi connectivity index (χ4n) is 1.25. The van der Waals surface area contributed by atoms with Gasteiger partial charge in [0, 0.05) is 11.9 Å². The van der Waals surface area contributed by atoms with Gasteiger partial charge in [0.1, 0.15) is 9.93 Å². The quantitative estimate of drug-likeness (QED) is 0.723. The number of carboxylic acids is 1. The number of aliphatic carboxylic acids is 1. The van der Waals surface area contributed by atoms with Crippen molar-refractivity contribution in [1.82, 2.24) is 9.95 Å². The van der Waals surface area contributed by atoms with Gasteiger partial charge < -0.3 is 5.11 Å². The molecule has 0 bridgehead atoms. The molecule has 0 fully saturated rings. The molecule has 0 aliphatic carbocycles. The van der Waals surface area contributed by atoms with Crippen LogP contribution in [0.4, 0.5) is 5.69 Å². The highest BCUT2D eigenvalue weighted by atomic mass is 32.2. The number of anilines is 1. The maximum Gasteiger partial charge on any atom is 0.346 e. The van der Waals surface area contributed by atoms with Gasteiger partial charge in [-0.2, -0.15) is 0 Å². The Morgan fingerprint density at radius 3 is 2.71 bits per heavy atom. The number of hydrazine groups is 2. The van der Waals surface area contributed by atoms with E-state index in [-0.39, 0.29) is 0 Å². The Morgan fingerprint density at radius 1 is 1.47 bits per heavy atom. The zero-order valence-electron chi connectivity index (χ0n) is 9.01. The zero-order chi connectivity index (χ0) is 12.3. The molecular formula is C10H11N3O2S2. The number of benzene rings is 1. The lowest BCUT2D eigenvalue weighted by Crippen LogP contribution is -2.31. The molecule has 0 spiro atoms. The first-order valence-corrected chi connectivity index (χ1v) is 6.78. The first-order valence-electron chi connectivity index (χ1n) is 4.78. The fourth-order valence-corrected chi connectivity index (χ4v) is 2.81. The van der Waals surface area contributed by atoms with E-state index in [0.29, 0.717) is 9.93 Å². The highest BCUT2D eigenvalue weighted by Crippen LogP contribution is 2.33. The van der Waals surface area contributed by atoms with Crippen molar-refractivity contribution in [3.8, 4) is 0 Å². The summed E-state index contributed by atoms with van der Waals surface area (Å²) in [6, 6.07) is 9.54. The van der Waals surface area contributed by atoms with Crippen LogP contribution in [0.25, 0.3) is 0 Å². The van der Waals surface area contributed by atoms with E-state index in [2.05, 4.69) is 10.9 Å². The SMILES string of the molecule is CSC1=C(C(=O)O)SN(Nc2ccccc2)N1. The Labute approximate surface area is 107 Å². The van der Waals surface area contributed by atoms with Crippen LogP contribution in [0, 0.1) is 0 Å². The van der Waals surface area contributed by atoms with Crippen molar-refractivity contribution in [2.75, 3.05) is 11.7 Å². The average Bonchev–Trinajstić information content (AvgIpc) is 2.73. The molecule has 0 radical (unpaired) electrons. The van der Waals surface area contributed by atoms with Gasteiger partial charge in [0.2, 0.25) is 0 Å². The molecular weight excluding hydrogens is 258 g/mol. The summed E-state index contributed by atoms with van der Waals surface area (Å²) in [5.74, 6) is -0.927. The molecule has 0 saturated heterocycles. The van der Waals surface area contributed by atoms with Gasteiger partial charge in [0.25, 0.3) is 0 Å². The molecule has 1 aromatic rings. The molecule has 17 heavy (non-hydrogen) atoms. The van der Waals surface area contributed by atoms with E-state index in [1.807, 2.05) is 36.6 Å². The van der Waals surface area contributed by atoms with Gasteiger partial charge in [0.05, 0.1) is 5.69 Å². The first-order chi connectivity index (χ1) is 8.20. The first kappa shape index (κ1) is 12.2. The average molecular weight is 269 g/mol. The second-order valence-corrected chi connectivity index (χ2v) is 4.92. The zero-order valence-corrected chi connectivity index (χ0v) is 10.6. The van der Waals surface area contributed by atoms with Crippen LogP contribution in [0.5, 0.6) is 0 Å². The van der Waals surface area contributed by atoms with E-state index >= 15 is 0 Å². The number of carboxylic acid groups (broad SMARTS) is 1. The highest BCUT2D eigenvalue weighted by molar-refractivity contribution is 8.06. The Morgan fingerprint density at radius 2 is 2.18 bits per heavy atom. The smallest absolute Gasteiger partial charge is 0.346 e. The predicted octanol–water partition coefficient (Wildman–Crippen LogP) is 2.10. The van der Waals surface area contributed by atoms with Crippen LogP contribution >= 0.6 is 23.7 Å². The number of carbonyl (C=O) groups is 1. The largest absolute Gasteiger partial charge is 0.477 e. The fraction of sp³-hybridized carbons (Fsp3) is 0.100. The molecule has 90 valence electrons. The monoisotopic (exact) mass is 269 g/mol. The minimum Gasteiger partial charge on any atom is -0.477 e. The van der Waals surface area contributed by atoms with E-state index in [4.69, 9.17) is 5.11 Å². The lowest BCUT2D eigenvalue weighted by atomic mass is 10.3. The van der Waals surface area contributed by atoms with Crippen LogP contribution in [-0.4, -0.2) is 21.9 Å². The molecule has 7 heteroatoms. The summed E-state index contributed by atoms with van der Waals surface area (Å²) >= 11 is 2.48. The molecule has 5 nitrogen and oxygen atoms in total. The number of hydrogen-bond acceptors (Lipinski definition) is 6. The van der Waals surface area contributed by atoms with E-state index in [9.17, 15) is 4.79 Å². The molecule has 1 heterocycles. The van der Waals surface area contributed by atoms with Crippen molar-refractivity contribution in [2.45, 2.75) is 0 Å². The number of para-hydroxylation sites is 1. The number of nitrogens with zero attached hydrogens (tertiary/aromatic N) is 1. The lowest BCUT2D eigenvalue weighted by Gasteiger charge is -2.17. The summed E-state index contributed by atoms with van der Waals surface area (Å²) in [6.07, 6.45) is 1.83. The normalized spacial score (nSPS) is 15.8. The van der Waals surface area contributed by atoms with Crippen molar-refractivity contribution in [1.29, 1.82) is 0 Å². The summed E-state index contributed by atoms with van der Waals surface area (Å²) in [7, 11) is 0. The van der Waals surface area contributed by atoms with Gasteiger partial charge in [-0.05, 0) is 18.4 Å². The van der Waals surface area contributed by atoms with Crippen molar-refractivity contribution in [3.05, 3.63) is 40.3 Å². The minimum atomic E-state index is -0.927. The van der Waals surface area contributed by atoms with Crippen LogP contribution in [-0.2, 0) is 4.79 Å². The van der Waals surface area contributed by atoms with Gasteiger partial charge in [-0.15, -0.1) is 11.8 Å². The number of hydrogen-bond donors (Lipinski definition) is 3. The van der Waals surface area contributed by atoms with Gasteiger partial charge in [-0.1, -0.05) is 22.7 Å². The predicted molar refractivity (Wildman–Crippen MR) is 70.8 cm³/mol. The van der Waals surface area contributed by atoms with E-state index < -0.39 is 5.97 Å². The topological polar surface area (TPSA) is 64.6 Å². The molecule has 3 N–H and O–H groups in total. The second kappa shape index (κ2) is 5.35. The number of rotatable bonds is 4. The van der Waals surface area contributed by atoms with Gasteiger partial charge in [-0.3, -0.25) is 10.9 Å². The van der Waals surface area contributed by atoms with Crippen LogP contribution in [0.2, 0.25) is 0 Å². The third-order valence-corrected chi connectivity index (χ3v) is 3.75. The van der Waals surface area contributed by atoms with Crippen molar-refractivity contribution < 1.29 is 9.90 Å². The van der Waals surface area contributed by atoms with E-state index in [1.54, 1.807) is 4.52 Å². The Hall–Kier alpha value is -1.31. The van der Waals surface area contributed by atoms with Crippen LogP contribution in [0.15, 0.2) is 40.3 Å². The molecule has 0 amide bonds. The standard InChI is InChI=1S/C10H11N3O2S2/c1-16-9-8(10(14)15)17-13(12-9)11-7-5-3-2-4-6-7/h2-6,11-12H,1H3,(H,14,15). The second-order valence-electron chi connectivity index (χ2n) is 3.14. The van der Waals surface area contributed by atoms with Crippen molar-refractivity contribution >= 4 is 35.4 Å². The summed E-state index contributed by atoms with van der Waals surface area (Å²) in [5.41, 5.74) is 6.91. The van der Waals surface area contributed by atoms with Crippen LogP contribution in [0.1, 0.15) is 0 Å². The molecule has 1 aliphatic rings. The molecule has 1 aromatic carbocycles. The number of thioether (sulfide) groups is 1. The highest BCUT2D eigenvalue weighted by Gasteiger charge is 2.27. The molecule has 0 unspecified atom stereocenters. The molecule has 2 rings (SSSR count). The number of nitrogens with one attached hydrogen (secondary N) is 2. The van der Waals surface area contributed by atoms with E-state index in [1.165, 1.54) is 11.8 Å². The summed E-state index contributed by atoms with van der Waals surface area (Å²) in [6.45, 7) is 0. The van der Waals surface area contributed by atoms with Gasteiger partial charge in [-0.25, -0.2) is 4.79 Å². The van der Waals surface area contributed by atoms with Gasteiger partial charge >= 0.3 is 5.97 Å². The molecule has 1 aliphatic heterocycles. The third-order valence-electron chi connectivity index (χ3n) is 1.99. The molecule has 0 atom stereocenters. The maximum absolute atomic E-state index is 11.0. The maximum atomic E-state index is 11.0. The molecule has 0 saturated carbocycles. The Kier molecular flexibility index (Phi) is 3.82. The minimum absolute atomic E-state index is 0.293. The van der Waals surface area contributed by atoms with Crippen molar-refractivity contribution in [3.63, 3.8) is 0 Å². The molecule has 0 aromatic heterocycles. The van der Waals surface area contributed by atoms with E-state index in [0.717, 1.165) is 17.6 Å². The summed E-state index contributed by atoms with van der Waals surface area (Å²) < 4.78 is 1.57. The van der Waals surface area contributed by atoms with Crippen LogP contribution < -0.4 is 10.9 Å². The summed E-state index contributed by atoms with van der Waals surface area (Å²) in [4.78, 5) is 11.3. The third kappa shape index (κ3) is 2.87. The van der Waals surface area contributed by atoms with Crippen molar-refractivity contribution in [2.24, 2.45) is 0 Å². The lowest BCUT2D eigenvalue weighted by molar-refractivity contribution is -0.131. The van der Waals surface area contributed by atoms with Gasteiger partial charge in [0.15, 0.2) is 0 Å². The Balaban J connectivity index is 2.03. The van der Waals surface area contributed by atoms with Crippen LogP contribution in [0.3, 0.4) is 0 Å².